The van der Waals surface area contributed by atoms with Gasteiger partial charge in [0.15, 0.2) is 5.82 Å². The van der Waals surface area contributed by atoms with Crippen molar-refractivity contribution < 1.29 is 14.4 Å². The van der Waals surface area contributed by atoms with E-state index in [0.29, 0.717) is 17.8 Å². The van der Waals surface area contributed by atoms with E-state index in [4.69, 9.17) is 0 Å². The molecular formula is C23H22N4O3. The maximum absolute atomic E-state index is 12.8. The Morgan fingerprint density at radius 1 is 1.03 bits per heavy atom. The van der Waals surface area contributed by atoms with Crippen molar-refractivity contribution in [2.24, 2.45) is 0 Å². The second-order valence-electron chi connectivity index (χ2n) is 7.34. The minimum absolute atomic E-state index is 0.0942. The van der Waals surface area contributed by atoms with E-state index in [9.17, 15) is 14.4 Å². The first-order valence-electron chi connectivity index (χ1n) is 10.1. The van der Waals surface area contributed by atoms with Crippen LogP contribution in [0.25, 0.3) is 17.5 Å². The smallest absolute Gasteiger partial charge is 0.273 e. The molecular weight excluding hydrogens is 380 g/mol. The Morgan fingerprint density at radius 3 is 2.50 bits per heavy atom. The number of nitrogens with zero attached hydrogens (tertiary/aromatic N) is 3. The van der Waals surface area contributed by atoms with E-state index in [2.05, 4.69) is 21.4 Å². The maximum atomic E-state index is 12.8. The molecule has 0 spiro atoms. The third-order valence-corrected chi connectivity index (χ3v) is 5.24. The van der Waals surface area contributed by atoms with Crippen LogP contribution in [0.15, 0.2) is 59.9 Å². The van der Waals surface area contributed by atoms with E-state index in [1.54, 1.807) is 12.4 Å². The number of rotatable bonds is 5. The quantitative estimate of drug-likeness (QED) is 0.469. The summed E-state index contributed by atoms with van der Waals surface area (Å²) in [6.07, 6.45) is 11.7. The Balaban J connectivity index is 1.51. The topological polar surface area (TPSA) is 92.3 Å². The second-order valence-corrected chi connectivity index (χ2v) is 7.34. The lowest BCUT2D eigenvalue weighted by atomic mass is 9.97. The normalized spacial score (nSPS) is 18.4. The first kappa shape index (κ1) is 19.7. The minimum Gasteiger partial charge on any atom is -0.273 e. The van der Waals surface area contributed by atoms with Crippen molar-refractivity contribution in [3.63, 3.8) is 0 Å². The van der Waals surface area contributed by atoms with Crippen molar-refractivity contribution >= 4 is 23.9 Å². The number of benzene rings is 1. The fourth-order valence-corrected chi connectivity index (χ4v) is 3.60. The summed E-state index contributed by atoms with van der Waals surface area (Å²) in [5, 5.41) is 2.25. The first-order chi connectivity index (χ1) is 14.6. The molecule has 7 nitrogen and oxygen atoms in total. The molecule has 2 heterocycles. The van der Waals surface area contributed by atoms with Crippen molar-refractivity contribution in [2.75, 3.05) is 6.54 Å². The number of hydrogen-bond donors (Lipinski definition) is 1. The SMILES string of the molecule is O=C1NC(=O)N(CCC2=CCCCC2)C(=O)C1=Cc1cnc(-c2ccccc2)nc1. The van der Waals surface area contributed by atoms with Gasteiger partial charge in [-0.2, -0.15) is 0 Å². The average Bonchev–Trinajstić information content (AvgIpc) is 2.78. The Labute approximate surface area is 174 Å². The number of allylic oxidation sites excluding steroid dienone is 1. The highest BCUT2D eigenvalue weighted by Crippen LogP contribution is 2.22. The Kier molecular flexibility index (Phi) is 5.79. The maximum Gasteiger partial charge on any atom is 0.331 e. The summed E-state index contributed by atoms with van der Waals surface area (Å²) in [7, 11) is 0. The first-order valence-corrected chi connectivity index (χ1v) is 10.1. The third-order valence-electron chi connectivity index (χ3n) is 5.24. The van der Waals surface area contributed by atoms with Crippen LogP contribution in [-0.4, -0.2) is 39.3 Å². The lowest BCUT2D eigenvalue weighted by Crippen LogP contribution is -2.54. The van der Waals surface area contributed by atoms with Gasteiger partial charge in [-0.05, 0) is 38.2 Å². The van der Waals surface area contributed by atoms with Crippen LogP contribution in [0.4, 0.5) is 4.79 Å². The molecule has 1 aromatic carbocycles. The molecule has 4 rings (SSSR count). The molecule has 1 N–H and O–H groups in total. The Morgan fingerprint density at radius 2 is 1.80 bits per heavy atom. The lowest BCUT2D eigenvalue weighted by Gasteiger charge is -2.27. The fraction of sp³-hybridized carbons (Fsp3) is 0.261. The second kappa shape index (κ2) is 8.82. The van der Waals surface area contributed by atoms with Crippen molar-refractivity contribution in [1.29, 1.82) is 0 Å². The van der Waals surface area contributed by atoms with Gasteiger partial charge >= 0.3 is 6.03 Å². The molecule has 0 saturated carbocycles. The van der Waals surface area contributed by atoms with Gasteiger partial charge in [0.1, 0.15) is 5.57 Å². The molecule has 1 saturated heterocycles. The van der Waals surface area contributed by atoms with Gasteiger partial charge in [0.25, 0.3) is 11.8 Å². The summed E-state index contributed by atoms with van der Waals surface area (Å²) < 4.78 is 0. The molecule has 0 radical (unpaired) electrons. The van der Waals surface area contributed by atoms with Crippen LogP contribution in [0, 0.1) is 0 Å². The van der Waals surface area contributed by atoms with Gasteiger partial charge in [0.2, 0.25) is 0 Å². The molecule has 7 heteroatoms. The summed E-state index contributed by atoms with van der Waals surface area (Å²) in [4.78, 5) is 47.0. The highest BCUT2D eigenvalue weighted by atomic mass is 16.2. The molecule has 0 atom stereocenters. The lowest BCUT2D eigenvalue weighted by molar-refractivity contribution is -0.130. The highest BCUT2D eigenvalue weighted by Gasteiger charge is 2.35. The number of aromatic nitrogens is 2. The van der Waals surface area contributed by atoms with Gasteiger partial charge in [0, 0.05) is 30.1 Å². The number of barbiturate groups is 1. The van der Waals surface area contributed by atoms with E-state index in [1.807, 2.05) is 30.3 Å². The van der Waals surface area contributed by atoms with Gasteiger partial charge in [0.05, 0.1) is 0 Å². The molecule has 0 unspecified atom stereocenters. The predicted molar refractivity (Wildman–Crippen MR) is 112 cm³/mol. The van der Waals surface area contributed by atoms with Crippen LogP contribution in [0.5, 0.6) is 0 Å². The number of nitrogens with one attached hydrogen (secondary N) is 1. The Bertz CT molecular complexity index is 1030. The van der Waals surface area contributed by atoms with Gasteiger partial charge in [-0.3, -0.25) is 19.8 Å². The number of carbonyl (C=O) groups is 3. The molecule has 1 aliphatic heterocycles. The molecule has 1 aliphatic carbocycles. The summed E-state index contributed by atoms with van der Waals surface area (Å²) in [5.41, 5.74) is 2.55. The molecule has 1 aromatic heterocycles. The van der Waals surface area contributed by atoms with E-state index in [1.165, 1.54) is 18.1 Å². The van der Waals surface area contributed by atoms with E-state index < -0.39 is 17.8 Å². The van der Waals surface area contributed by atoms with Crippen molar-refractivity contribution in [1.82, 2.24) is 20.2 Å². The van der Waals surface area contributed by atoms with Crippen LogP contribution in [0.1, 0.15) is 37.7 Å². The Hall–Kier alpha value is -3.61. The molecule has 152 valence electrons. The van der Waals surface area contributed by atoms with Gasteiger partial charge in [-0.25, -0.2) is 14.8 Å². The molecule has 0 bridgehead atoms. The van der Waals surface area contributed by atoms with E-state index in [-0.39, 0.29) is 12.1 Å². The number of urea groups is 1. The standard InChI is InChI=1S/C23H22N4O3/c28-21-19(13-17-14-24-20(25-15-17)18-9-5-2-6-10-18)22(29)27(23(30)26-21)12-11-16-7-3-1-4-8-16/h2,5-7,9-10,13-15H,1,3-4,8,11-12H2,(H,26,28,30). The van der Waals surface area contributed by atoms with Crippen LogP contribution in [0.2, 0.25) is 0 Å². The van der Waals surface area contributed by atoms with Crippen LogP contribution in [0.3, 0.4) is 0 Å². The molecule has 2 aromatic rings. The van der Waals surface area contributed by atoms with Crippen molar-refractivity contribution in [2.45, 2.75) is 32.1 Å². The van der Waals surface area contributed by atoms with E-state index >= 15 is 0 Å². The van der Waals surface area contributed by atoms with Crippen LogP contribution < -0.4 is 5.32 Å². The van der Waals surface area contributed by atoms with Gasteiger partial charge in [-0.1, -0.05) is 42.0 Å². The zero-order chi connectivity index (χ0) is 20.9. The van der Waals surface area contributed by atoms with E-state index in [0.717, 1.165) is 29.7 Å². The summed E-state index contributed by atoms with van der Waals surface area (Å²) >= 11 is 0. The number of imide groups is 2. The van der Waals surface area contributed by atoms with Crippen molar-refractivity contribution in [3.8, 4) is 11.4 Å². The number of hydrogen-bond acceptors (Lipinski definition) is 5. The minimum atomic E-state index is -0.703. The zero-order valence-corrected chi connectivity index (χ0v) is 16.5. The van der Waals surface area contributed by atoms with Crippen molar-refractivity contribution in [3.05, 3.63) is 65.5 Å². The monoisotopic (exact) mass is 402 g/mol. The largest absolute Gasteiger partial charge is 0.331 e. The molecule has 2 aliphatic rings. The summed E-state index contributed by atoms with van der Waals surface area (Å²) in [6.45, 7) is 0.255. The number of carbonyl (C=O) groups excluding carboxylic acids is 3. The third kappa shape index (κ3) is 4.35. The summed E-state index contributed by atoms with van der Waals surface area (Å²) in [5.74, 6) is -0.743. The highest BCUT2D eigenvalue weighted by molar-refractivity contribution is 6.31. The molecule has 4 amide bonds. The molecule has 30 heavy (non-hydrogen) atoms. The van der Waals surface area contributed by atoms with Gasteiger partial charge in [-0.15, -0.1) is 0 Å². The van der Waals surface area contributed by atoms with Gasteiger partial charge < -0.3 is 0 Å². The van der Waals surface area contributed by atoms with Crippen LogP contribution in [-0.2, 0) is 9.59 Å². The number of amides is 4. The predicted octanol–water partition coefficient (Wildman–Crippen LogP) is 3.50. The summed E-state index contributed by atoms with van der Waals surface area (Å²) in [6, 6.07) is 8.83. The van der Waals surface area contributed by atoms with Crippen LogP contribution >= 0.6 is 0 Å². The fourth-order valence-electron chi connectivity index (χ4n) is 3.60. The average molecular weight is 402 g/mol. The zero-order valence-electron chi connectivity index (χ0n) is 16.5. The molecule has 1 fully saturated rings.